The third kappa shape index (κ3) is 6.45. The smallest absolute Gasteiger partial charge is 0.123 e. The number of rotatable bonds is 8. The van der Waals surface area contributed by atoms with Crippen LogP contribution in [0.2, 0.25) is 0 Å². The Balaban J connectivity index is 1.04. The number of hydrogen-bond acceptors (Lipinski definition) is 1. The molecule has 10 rings (SSSR count). The minimum Gasteiger partial charge on any atom is -0.310 e. The first kappa shape index (κ1) is 34.0. The van der Waals surface area contributed by atoms with Crippen LogP contribution in [0, 0.1) is 5.82 Å². The van der Waals surface area contributed by atoms with Gasteiger partial charge in [-0.1, -0.05) is 140 Å². The van der Waals surface area contributed by atoms with E-state index < -0.39 is 0 Å². The molecular weight excluding hydrogens is 696 g/mol. The minimum absolute atomic E-state index is 0.265. The Morgan fingerprint density at radius 1 is 0.316 bits per heavy atom. The van der Waals surface area contributed by atoms with Crippen LogP contribution >= 0.6 is 0 Å². The molecule has 9 aromatic carbocycles. The molecule has 0 fully saturated rings. The summed E-state index contributed by atoms with van der Waals surface area (Å²) < 4.78 is 16.6. The van der Waals surface area contributed by atoms with E-state index in [0.717, 1.165) is 45.0 Å². The topological polar surface area (TPSA) is 8.17 Å². The average molecular weight is 733 g/mol. The summed E-state index contributed by atoms with van der Waals surface area (Å²) in [7, 11) is 0. The lowest BCUT2D eigenvalue weighted by Crippen LogP contribution is -2.10. The van der Waals surface area contributed by atoms with E-state index in [1.807, 2.05) is 12.1 Å². The van der Waals surface area contributed by atoms with E-state index >= 15 is 0 Å². The number of benzene rings is 9. The summed E-state index contributed by atoms with van der Waals surface area (Å²) in [6.45, 7) is 0. The highest BCUT2D eigenvalue weighted by Crippen LogP contribution is 2.41. The van der Waals surface area contributed by atoms with Crippen molar-refractivity contribution in [3.05, 3.63) is 230 Å². The fourth-order valence-electron chi connectivity index (χ4n) is 8.12. The number of anilines is 3. The van der Waals surface area contributed by atoms with Crippen LogP contribution in [0.25, 0.3) is 72.0 Å². The molecule has 0 saturated carbocycles. The number of hydrogen-bond donors (Lipinski definition) is 0. The highest BCUT2D eigenvalue weighted by molar-refractivity contribution is 6.10. The highest BCUT2D eigenvalue weighted by Gasteiger charge is 2.17. The summed E-state index contributed by atoms with van der Waals surface area (Å²) in [5, 5.41) is 2.42. The molecule has 1 aromatic heterocycles. The number of fused-ring (bicyclic) bond motifs is 3. The standard InChI is InChI=1S/C54H37FN2/c55-44-27-31-47(32-28-44)56(46-29-23-38(24-30-46)42-25-33-49(39-13-4-1-5-14-39)51(36-42)40-15-6-2-7-16-40)48-20-12-17-41(35-48)43-26-34-54-52(37-43)50-21-10-11-22-53(50)57(54)45-18-8-3-9-19-45/h1-37H. The predicted octanol–water partition coefficient (Wildman–Crippen LogP) is 15.1. The molecule has 270 valence electrons. The second-order valence-electron chi connectivity index (χ2n) is 14.3. The van der Waals surface area contributed by atoms with Gasteiger partial charge < -0.3 is 9.47 Å². The van der Waals surface area contributed by atoms with Crippen LogP contribution in [0.3, 0.4) is 0 Å². The van der Waals surface area contributed by atoms with Gasteiger partial charge in [-0.05, 0) is 129 Å². The summed E-state index contributed by atoms with van der Waals surface area (Å²) in [5.41, 5.74) is 15.6. The van der Waals surface area contributed by atoms with Crippen LogP contribution in [-0.2, 0) is 0 Å². The number of halogens is 1. The Kier molecular flexibility index (Phi) is 8.74. The van der Waals surface area contributed by atoms with Crippen molar-refractivity contribution in [1.82, 2.24) is 4.57 Å². The maximum Gasteiger partial charge on any atom is 0.123 e. The average Bonchev–Trinajstić information content (AvgIpc) is 3.62. The van der Waals surface area contributed by atoms with E-state index in [9.17, 15) is 4.39 Å². The fourth-order valence-corrected chi connectivity index (χ4v) is 8.12. The molecule has 3 heteroatoms. The zero-order valence-electron chi connectivity index (χ0n) is 31.1. The van der Waals surface area contributed by atoms with Gasteiger partial charge in [0, 0.05) is 33.5 Å². The molecule has 0 bridgehead atoms. The maximum absolute atomic E-state index is 14.3. The molecule has 0 aliphatic rings. The Morgan fingerprint density at radius 3 is 1.56 bits per heavy atom. The Morgan fingerprint density at radius 2 is 0.842 bits per heavy atom. The van der Waals surface area contributed by atoms with Crippen LogP contribution in [0.4, 0.5) is 21.5 Å². The highest BCUT2D eigenvalue weighted by atomic mass is 19.1. The van der Waals surface area contributed by atoms with Gasteiger partial charge in [-0.3, -0.25) is 0 Å². The van der Waals surface area contributed by atoms with Crippen molar-refractivity contribution in [3.63, 3.8) is 0 Å². The molecule has 0 N–H and O–H groups in total. The van der Waals surface area contributed by atoms with Crippen LogP contribution < -0.4 is 4.90 Å². The minimum atomic E-state index is -0.265. The van der Waals surface area contributed by atoms with Gasteiger partial charge in [0.1, 0.15) is 5.82 Å². The van der Waals surface area contributed by atoms with Crippen LogP contribution in [0.15, 0.2) is 224 Å². The second-order valence-corrected chi connectivity index (χ2v) is 14.3. The molecule has 57 heavy (non-hydrogen) atoms. The molecule has 0 amide bonds. The van der Waals surface area contributed by atoms with Crippen LogP contribution in [0.1, 0.15) is 0 Å². The summed E-state index contributed by atoms with van der Waals surface area (Å²) in [6.07, 6.45) is 0. The van der Waals surface area contributed by atoms with Gasteiger partial charge in [-0.15, -0.1) is 0 Å². The van der Waals surface area contributed by atoms with Crippen molar-refractivity contribution < 1.29 is 4.39 Å². The first-order valence-electron chi connectivity index (χ1n) is 19.3. The molecule has 10 aromatic rings. The zero-order chi connectivity index (χ0) is 38.1. The maximum atomic E-state index is 14.3. The number of nitrogens with zero attached hydrogens (tertiary/aromatic N) is 2. The van der Waals surface area contributed by atoms with Gasteiger partial charge in [0.15, 0.2) is 0 Å². The van der Waals surface area contributed by atoms with E-state index in [1.165, 1.54) is 56.2 Å². The molecule has 1 heterocycles. The Hall–Kier alpha value is -7.49. The van der Waals surface area contributed by atoms with Gasteiger partial charge in [-0.25, -0.2) is 4.39 Å². The third-order valence-electron chi connectivity index (χ3n) is 10.9. The first-order chi connectivity index (χ1) is 28.2. The van der Waals surface area contributed by atoms with E-state index in [1.54, 1.807) is 0 Å². The molecule has 0 unspecified atom stereocenters. The zero-order valence-corrected chi connectivity index (χ0v) is 31.1. The normalized spacial score (nSPS) is 11.2. The van der Waals surface area contributed by atoms with Crippen molar-refractivity contribution in [1.29, 1.82) is 0 Å². The summed E-state index contributed by atoms with van der Waals surface area (Å²) >= 11 is 0. The summed E-state index contributed by atoms with van der Waals surface area (Å²) in [6, 6.07) is 77.8. The van der Waals surface area contributed by atoms with Crippen molar-refractivity contribution >= 4 is 38.9 Å². The SMILES string of the molecule is Fc1ccc(N(c2ccc(-c3ccc(-c4ccccc4)c(-c4ccccc4)c3)cc2)c2cccc(-c3ccc4c(c3)c3ccccc3n4-c3ccccc3)c2)cc1. The van der Waals surface area contributed by atoms with Gasteiger partial charge in [0.05, 0.1) is 11.0 Å². The van der Waals surface area contributed by atoms with Crippen molar-refractivity contribution in [2.45, 2.75) is 0 Å². The van der Waals surface area contributed by atoms with E-state index in [0.29, 0.717) is 0 Å². The number of para-hydroxylation sites is 2. The van der Waals surface area contributed by atoms with Gasteiger partial charge in [-0.2, -0.15) is 0 Å². The summed E-state index contributed by atoms with van der Waals surface area (Å²) in [4.78, 5) is 2.19. The second kappa shape index (κ2) is 14.6. The lowest BCUT2D eigenvalue weighted by atomic mass is 9.91. The third-order valence-corrected chi connectivity index (χ3v) is 10.9. The quantitative estimate of drug-likeness (QED) is 0.151. The molecule has 0 atom stereocenters. The van der Waals surface area contributed by atoms with Crippen LogP contribution in [0.5, 0.6) is 0 Å². The Labute approximate surface area is 332 Å². The number of aromatic nitrogens is 1. The Bertz CT molecular complexity index is 2990. The van der Waals surface area contributed by atoms with Crippen molar-refractivity contribution in [3.8, 4) is 50.2 Å². The first-order valence-corrected chi connectivity index (χ1v) is 19.3. The molecule has 0 aliphatic heterocycles. The van der Waals surface area contributed by atoms with Gasteiger partial charge in [0.25, 0.3) is 0 Å². The molecule has 0 aliphatic carbocycles. The van der Waals surface area contributed by atoms with E-state index in [-0.39, 0.29) is 5.82 Å². The van der Waals surface area contributed by atoms with Crippen LogP contribution in [-0.4, -0.2) is 4.57 Å². The van der Waals surface area contributed by atoms with E-state index in [2.05, 4.69) is 210 Å². The van der Waals surface area contributed by atoms with E-state index in [4.69, 9.17) is 0 Å². The molecule has 0 spiro atoms. The molecule has 0 saturated heterocycles. The lowest BCUT2D eigenvalue weighted by molar-refractivity contribution is 0.628. The van der Waals surface area contributed by atoms with Crippen molar-refractivity contribution in [2.24, 2.45) is 0 Å². The molecule has 2 nitrogen and oxygen atoms in total. The fraction of sp³-hybridized carbons (Fsp3) is 0. The van der Waals surface area contributed by atoms with Gasteiger partial charge in [0.2, 0.25) is 0 Å². The van der Waals surface area contributed by atoms with Gasteiger partial charge >= 0.3 is 0 Å². The lowest BCUT2D eigenvalue weighted by Gasteiger charge is -2.26. The molecular formula is C54H37FN2. The molecule has 0 radical (unpaired) electrons. The monoisotopic (exact) mass is 732 g/mol. The largest absolute Gasteiger partial charge is 0.310 e. The summed E-state index contributed by atoms with van der Waals surface area (Å²) in [5.74, 6) is -0.265. The van der Waals surface area contributed by atoms with Crippen molar-refractivity contribution in [2.75, 3.05) is 4.90 Å². The predicted molar refractivity (Wildman–Crippen MR) is 237 cm³/mol.